The maximum absolute atomic E-state index is 13.3. The molecule has 0 spiro atoms. The maximum Gasteiger partial charge on any atom is 0.253 e. The summed E-state index contributed by atoms with van der Waals surface area (Å²) in [5.41, 5.74) is 2.37. The first-order chi connectivity index (χ1) is 14.3. The highest BCUT2D eigenvalue weighted by atomic mass is 16.1. The van der Waals surface area contributed by atoms with Crippen LogP contribution in [0.25, 0.3) is 10.9 Å². The van der Waals surface area contributed by atoms with Crippen molar-refractivity contribution < 1.29 is 0 Å². The Morgan fingerprint density at radius 1 is 1.33 bits per heavy atom. The van der Waals surface area contributed by atoms with Gasteiger partial charge in [0.05, 0.1) is 11.1 Å². The number of aromatic amines is 1. The molecule has 7 heteroatoms. The van der Waals surface area contributed by atoms with Gasteiger partial charge < -0.3 is 4.98 Å². The number of nitrogens with zero attached hydrogens (tertiary/aromatic N) is 5. The Morgan fingerprint density at radius 3 is 2.87 bits per heavy atom. The second-order valence-corrected chi connectivity index (χ2v) is 9.35. The van der Waals surface area contributed by atoms with Crippen LogP contribution in [0.15, 0.2) is 29.1 Å². The van der Waals surface area contributed by atoms with E-state index in [-0.39, 0.29) is 17.1 Å². The molecule has 1 saturated heterocycles. The normalized spacial score (nSPS) is 19.3. The van der Waals surface area contributed by atoms with E-state index in [0.717, 1.165) is 48.2 Å². The van der Waals surface area contributed by atoms with E-state index in [9.17, 15) is 4.79 Å². The van der Waals surface area contributed by atoms with Crippen molar-refractivity contribution in [1.29, 1.82) is 0 Å². The van der Waals surface area contributed by atoms with E-state index in [1.165, 1.54) is 6.42 Å². The zero-order valence-electron chi connectivity index (χ0n) is 18.6. The highest BCUT2D eigenvalue weighted by Crippen LogP contribution is 2.33. The summed E-state index contributed by atoms with van der Waals surface area (Å²) in [4.78, 5) is 18.8. The molecule has 0 radical (unpaired) electrons. The van der Waals surface area contributed by atoms with E-state index >= 15 is 0 Å². The number of tetrazole rings is 1. The van der Waals surface area contributed by atoms with E-state index in [2.05, 4.69) is 59.2 Å². The van der Waals surface area contributed by atoms with Crippen LogP contribution in [-0.2, 0) is 5.54 Å². The van der Waals surface area contributed by atoms with Gasteiger partial charge in [0.2, 0.25) is 0 Å². The van der Waals surface area contributed by atoms with Crippen molar-refractivity contribution in [2.45, 2.75) is 65.5 Å². The molecule has 1 fully saturated rings. The van der Waals surface area contributed by atoms with Crippen molar-refractivity contribution in [1.82, 2.24) is 30.1 Å². The van der Waals surface area contributed by atoms with Gasteiger partial charge >= 0.3 is 0 Å². The van der Waals surface area contributed by atoms with Crippen LogP contribution in [0.4, 0.5) is 0 Å². The highest BCUT2D eigenvalue weighted by molar-refractivity contribution is 5.82. The SMILES string of the molecule is CCC(C)(C)n1nnnc1[C@@H](c1cc2cccc(C)c2[nH]c1=O)N1CCC[C@H](C)C1. The number of benzene rings is 1. The number of fused-ring (bicyclic) bond motifs is 1. The van der Waals surface area contributed by atoms with Crippen LogP contribution in [0.5, 0.6) is 0 Å². The molecule has 1 aliphatic rings. The molecule has 1 aliphatic heterocycles. The predicted molar refractivity (Wildman–Crippen MR) is 119 cm³/mol. The number of aryl methyl sites for hydroxylation is 1. The quantitative estimate of drug-likeness (QED) is 0.695. The molecule has 0 aliphatic carbocycles. The molecule has 4 rings (SSSR count). The topological polar surface area (TPSA) is 79.7 Å². The van der Waals surface area contributed by atoms with Crippen LogP contribution in [0.1, 0.15) is 70.0 Å². The fourth-order valence-corrected chi connectivity index (χ4v) is 4.51. The van der Waals surface area contributed by atoms with Crippen molar-refractivity contribution in [2.75, 3.05) is 13.1 Å². The largest absolute Gasteiger partial charge is 0.321 e. The summed E-state index contributed by atoms with van der Waals surface area (Å²) < 4.78 is 1.91. The highest BCUT2D eigenvalue weighted by Gasteiger charge is 2.35. The molecule has 2 atom stereocenters. The van der Waals surface area contributed by atoms with Crippen molar-refractivity contribution in [3.8, 4) is 0 Å². The molecule has 160 valence electrons. The van der Waals surface area contributed by atoms with Crippen LogP contribution in [-0.4, -0.2) is 43.2 Å². The van der Waals surface area contributed by atoms with Gasteiger partial charge in [0, 0.05) is 12.1 Å². The summed E-state index contributed by atoms with van der Waals surface area (Å²) in [5, 5.41) is 13.9. The summed E-state index contributed by atoms with van der Waals surface area (Å²) in [6, 6.07) is 7.86. The molecule has 1 aromatic carbocycles. The number of hydrogen-bond donors (Lipinski definition) is 1. The molecule has 2 aromatic heterocycles. The number of rotatable bonds is 5. The van der Waals surface area contributed by atoms with E-state index in [1.807, 2.05) is 29.8 Å². The van der Waals surface area contributed by atoms with Crippen LogP contribution in [0.3, 0.4) is 0 Å². The summed E-state index contributed by atoms with van der Waals surface area (Å²) in [7, 11) is 0. The standard InChI is InChI=1S/C23H32N6O/c1-6-23(4,5)29-21(25-26-27-29)20(28-12-8-9-15(2)14-28)18-13-17-11-7-10-16(3)19(17)24-22(18)30/h7,10-11,13,15,20H,6,8-9,12,14H2,1-5H3,(H,24,30)/t15-,20+/m0/s1. The first-order valence-electron chi connectivity index (χ1n) is 11.0. The smallest absolute Gasteiger partial charge is 0.253 e. The molecule has 0 amide bonds. The molecule has 0 saturated carbocycles. The van der Waals surface area contributed by atoms with Crippen molar-refractivity contribution in [2.24, 2.45) is 5.92 Å². The van der Waals surface area contributed by atoms with Gasteiger partial charge in [0.25, 0.3) is 5.56 Å². The average Bonchev–Trinajstić information content (AvgIpc) is 3.20. The summed E-state index contributed by atoms with van der Waals surface area (Å²) >= 11 is 0. The minimum Gasteiger partial charge on any atom is -0.321 e. The number of H-pyrrole nitrogens is 1. The molecule has 0 unspecified atom stereocenters. The summed E-state index contributed by atoms with van der Waals surface area (Å²) in [6.45, 7) is 12.6. The van der Waals surface area contributed by atoms with Crippen LogP contribution >= 0.6 is 0 Å². The first-order valence-corrected chi connectivity index (χ1v) is 11.0. The van der Waals surface area contributed by atoms with Gasteiger partial charge in [-0.05, 0) is 79.9 Å². The minimum atomic E-state index is -0.276. The van der Waals surface area contributed by atoms with Gasteiger partial charge in [-0.2, -0.15) is 0 Å². The third kappa shape index (κ3) is 3.67. The Labute approximate surface area is 177 Å². The Bertz CT molecular complexity index is 1100. The lowest BCUT2D eigenvalue weighted by molar-refractivity contribution is 0.135. The zero-order valence-corrected chi connectivity index (χ0v) is 18.6. The third-order valence-corrected chi connectivity index (χ3v) is 6.64. The number of aromatic nitrogens is 5. The second kappa shape index (κ2) is 7.95. The Balaban J connectivity index is 1.92. The Kier molecular flexibility index (Phi) is 5.49. The average molecular weight is 409 g/mol. The Hall–Kier alpha value is -2.54. The fraction of sp³-hybridized carbons (Fsp3) is 0.565. The lowest BCUT2D eigenvalue weighted by Crippen LogP contribution is -2.42. The number of pyridine rings is 1. The third-order valence-electron chi connectivity index (χ3n) is 6.64. The lowest BCUT2D eigenvalue weighted by Gasteiger charge is -2.37. The molecular weight excluding hydrogens is 376 g/mol. The van der Waals surface area contributed by atoms with Crippen molar-refractivity contribution >= 4 is 10.9 Å². The van der Waals surface area contributed by atoms with Crippen molar-refractivity contribution in [3.63, 3.8) is 0 Å². The van der Waals surface area contributed by atoms with Gasteiger partial charge in [0.15, 0.2) is 5.82 Å². The predicted octanol–water partition coefficient (Wildman–Crippen LogP) is 3.79. The van der Waals surface area contributed by atoms with Gasteiger partial charge in [-0.15, -0.1) is 5.10 Å². The van der Waals surface area contributed by atoms with Gasteiger partial charge in [0.1, 0.15) is 6.04 Å². The monoisotopic (exact) mass is 408 g/mol. The van der Waals surface area contributed by atoms with E-state index < -0.39 is 0 Å². The van der Waals surface area contributed by atoms with Crippen LogP contribution < -0.4 is 5.56 Å². The first kappa shape index (κ1) is 20.7. The van der Waals surface area contributed by atoms with E-state index in [0.29, 0.717) is 11.5 Å². The van der Waals surface area contributed by atoms with Crippen LogP contribution in [0.2, 0.25) is 0 Å². The summed E-state index contributed by atoms with van der Waals surface area (Å²) in [5.74, 6) is 1.32. The number of piperidine rings is 1. The van der Waals surface area contributed by atoms with E-state index in [4.69, 9.17) is 0 Å². The van der Waals surface area contributed by atoms with Gasteiger partial charge in [-0.1, -0.05) is 32.0 Å². The lowest BCUT2D eigenvalue weighted by atomic mass is 9.94. The van der Waals surface area contributed by atoms with Crippen molar-refractivity contribution in [3.05, 3.63) is 51.6 Å². The van der Waals surface area contributed by atoms with E-state index in [1.54, 1.807) is 0 Å². The Morgan fingerprint density at radius 2 is 2.13 bits per heavy atom. The summed E-state index contributed by atoms with van der Waals surface area (Å²) in [6.07, 6.45) is 3.21. The molecule has 30 heavy (non-hydrogen) atoms. The zero-order chi connectivity index (χ0) is 21.5. The molecule has 3 heterocycles. The second-order valence-electron chi connectivity index (χ2n) is 9.35. The fourth-order valence-electron chi connectivity index (χ4n) is 4.51. The number of para-hydroxylation sites is 1. The minimum absolute atomic E-state index is 0.0659. The molecule has 7 nitrogen and oxygen atoms in total. The maximum atomic E-state index is 13.3. The number of nitrogens with one attached hydrogen (secondary N) is 1. The molecule has 0 bridgehead atoms. The number of hydrogen-bond acceptors (Lipinski definition) is 5. The molecule has 3 aromatic rings. The van der Waals surface area contributed by atoms with Gasteiger partial charge in [-0.25, -0.2) is 4.68 Å². The van der Waals surface area contributed by atoms with Crippen LogP contribution in [0, 0.1) is 12.8 Å². The molecular formula is C23H32N6O. The molecule has 1 N–H and O–H groups in total. The van der Waals surface area contributed by atoms with Gasteiger partial charge in [-0.3, -0.25) is 9.69 Å². The number of likely N-dealkylation sites (tertiary alicyclic amines) is 1.